The predicted octanol–water partition coefficient (Wildman–Crippen LogP) is 3.53. The number of carbonyl (C=O) groups is 1. The number of rotatable bonds is 4. The van der Waals surface area contributed by atoms with Crippen LogP contribution >= 0.6 is 23.2 Å². The van der Waals surface area contributed by atoms with Crippen molar-refractivity contribution < 1.29 is 13.2 Å². The first-order valence-corrected chi connectivity index (χ1v) is 9.40. The quantitative estimate of drug-likeness (QED) is 0.846. The average molecular weight is 385 g/mol. The van der Waals surface area contributed by atoms with Gasteiger partial charge in [0, 0.05) is 22.3 Å². The molecule has 0 unspecified atom stereocenters. The SMILES string of the molecule is C[C@@H]1C(=O)Nc2ccc(S(=O)(=O)NCc3ccc(Cl)cc3Cl)cc21. The van der Waals surface area contributed by atoms with Crippen LogP contribution in [0.1, 0.15) is 24.0 Å². The third-order valence-electron chi connectivity index (χ3n) is 3.92. The first-order valence-electron chi connectivity index (χ1n) is 7.16. The molecule has 2 N–H and O–H groups in total. The number of anilines is 1. The van der Waals surface area contributed by atoms with Crippen molar-refractivity contribution in [3.63, 3.8) is 0 Å². The number of nitrogens with one attached hydrogen (secondary N) is 2. The molecule has 1 aliphatic rings. The Kier molecular flexibility index (Phi) is 4.57. The molecule has 0 spiro atoms. The Bertz CT molecular complexity index is 929. The van der Waals surface area contributed by atoms with Crippen molar-refractivity contribution >= 4 is 44.8 Å². The second kappa shape index (κ2) is 6.37. The van der Waals surface area contributed by atoms with Crippen LogP contribution in [-0.2, 0) is 21.4 Å². The summed E-state index contributed by atoms with van der Waals surface area (Å²) in [6, 6.07) is 9.44. The largest absolute Gasteiger partial charge is 0.325 e. The fraction of sp³-hybridized carbons (Fsp3) is 0.188. The van der Waals surface area contributed by atoms with E-state index in [0.717, 1.165) is 0 Å². The molecule has 0 saturated heterocycles. The topological polar surface area (TPSA) is 75.3 Å². The molecule has 1 atom stereocenters. The number of benzene rings is 2. The van der Waals surface area contributed by atoms with Crippen molar-refractivity contribution in [1.29, 1.82) is 0 Å². The molecule has 8 heteroatoms. The highest BCUT2D eigenvalue weighted by Gasteiger charge is 2.28. The van der Waals surface area contributed by atoms with Crippen molar-refractivity contribution in [1.82, 2.24) is 4.72 Å². The third kappa shape index (κ3) is 3.28. The minimum atomic E-state index is -3.73. The molecule has 2 aromatic rings. The molecule has 0 fully saturated rings. The van der Waals surface area contributed by atoms with Crippen molar-refractivity contribution in [3.05, 3.63) is 57.6 Å². The smallest absolute Gasteiger partial charge is 0.240 e. The number of hydrogen-bond acceptors (Lipinski definition) is 3. The highest BCUT2D eigenvalue weighted by atomic mass is 35.5. The van der Waals surface area contributed by atoms with E-state index < -0.39 is 10.0 Å². The zero-order chi connectivity index (χ0) is 17.5. The van der Waals surface area contributed by atoms with Gasteiger partial charge in [-0.2, -0.15) is 0 Å². The van der Waals surface area contributed by atoms with Crippen molar-refractivity contribution in [2.75, 3.05) is 5.32 Å². The molecule has 1 amide bonds. The minimum Gasteiger partial charge on any atom is -0.325 e. The Balaban J connectivity index is 1.83. The maximum absolute atomic E-state index is 12.5. The number of carbonyl (C=O) groups excluding carboxylic acids is 1. The van der Waals surface area contributed by atoms with E-state index in [9.17, 15) is 13.2 Å². The van der Waals surface area contributed by atoms with Gasteiger partial charge in [0.2, 0.25) is 15.9 Å². The molecule has 0 saturated carbocycles. The monoisotopic (exact) mass is 384 g/mol. The predicted molar refractivity (Wildman–Crippen MR) is 94.0 cm³/mol. The van der Waals surface area contributed by atoms with Crippen molar-refractivity contribution in [3.8, 4) is 0 Å². The van der Waals surface area contributed by atoms with Crippen LogP contribution in [-0.4, -0.2) is 14.3 Å². The van der Waals surface area contributed by atoms with Crippen LogP contribution in [0.15, 0.2) is 41.3 Å². The third-order valence-corrected chi connectivity index (χ3v) is 5.90. The van der Waals surface area contributed by atoms with Gasteiger partial charge in [-0.25, -0.2) is 13.1 Å². The molecular weight excluding hydrogens is 371 g/mol. The summed E-state index contributed by atoms with van der Waals surface area (Å²) in [6.07, 6.45) is 0. The van der Waals surface area contributed by atoms with Gasteiger partial charge in [-0.05, 0) is 48.4 Å². The molecule has 2 aromatic carbocycles. The van der Waals surface area contributed by atoms with Gasteiger partial charge in [-0.15, -0.1) is 0 Å². The zero-order valence-electron chi connectivity index (χ0n) is 12.6. The van der Waals surface area contributed by atoms with Gasteiger partial charge in [0.05, 0.1) is 10.8 Å². The lowest BCUT2D eigenvalue weighted by molar-refractivity contribution is -0.116. The first kappa shape index (κ1) is 17.2. The fourth-order valence-electron chi connectivity index (χ4n) is 2.48. The van der Waals surface area contributed by atoms with Crippen LogP contribution in [0.2, 0.25) is 10.0 Å². The lowest BCUT2D eigenvalue weighted by Crippen LogP contribution is -2.23. The molecule has 0 aromatic heterocycles. The molecule has 1 heterocycles. The van der Waals surface area contributed by atoms with Gasteiger partial charge in [-0.1, -0.05) is 29.3 Å². The van der Waals surface area contributed by atoms with E-state index in [1.165, 1.54) is 12.1 Å². The van der Waals surface area contributed by atoms with Crippen LogP contribution in [0, 0.1) is 0 Å². The fourth-order valence-corrected chi connectivity index (χ4v) is 4.00. The van der Waals surface area contributed by atoms with Gasteiger partial charge in [0.1, 0.15) is 0 Å². The van der Waals surface area contributed by atoms with Crippen LogP contribution in [0.4, 0.5) is 5.69 Å². The zero-order valence-corrected chi connectivity index (χ0v) is 15.0. The summed E-state index contributed by atoms with van der Waals surface area (Å²) in [4.78, 5) is 11.8. The molecule has 0 bridgehead atoms. The molecule has 24 heavy (non-hydrogen) atoms. The Morgan fingerprint density at radius 1 is 1.17 bits per heavy atom. The summed E-state index contributed by atoms with van der Waals surface area (Å²) in [5, 5.41) is 3.59. The number of amides is 1. The summed E-state index contributed by atoms with van der Waals surface area (Å²) in [5.74, 6) is -0.513. The van der Waals surface area contributed by atoms with E-state index in [4.69, 9.17) is 23.2 Å². The second-order valence-corrected chi connectivity index (χ2v) is 8.13. The first-order chi connectivity index (χ1) is 11.3. The van der Waals surface area contributed by atoms with E-state index in [2.05, 4.69) is 10.0 Å². The molecule has 0 radical (unpaired) electrons. The van der Waals surface area contributed by atoms with E-state index in [1.54, 1.807) is 31.2 Å². The van der Waals surface area contributed by atoms with E-state index in [-0.39, 0.29) is 23.3 Å². The Labute approximate surface area is 150 Å². The van der Waals surface area contributed by atoms with Gasteiger partial charge in [0.25, 0.3) is 0 Å². The van der Waals surface area contributed by atoms with Crippen LogP contribution in [0.25, 0.3) is 0 Å². The van der Waals surface area contributed by atoms with Gasteiger partial charge in [0.15, 0.2) is 0 Å². The molecule has 0 aliphatic carbocycles. The van der Waals surface area contributed by atoms with Crippen molar-refractivity contribution in [2.24, 2.45) is 0 Å². The molecule has 5 nitrogen and oxygen atoms in total. The van der Waals surface area contributed by atoms with Gasteiger partial charge >= 0.3 is 0 Å². The standard InChI is InChI=1S/C16H14Cl2N2O3S/c1-9-13-7-12(4-5-15(13)20-16(9)21)24(22,23)19-8-10-2-3-11(17)6-14(10)18/h2-7,9,19H,8H2,1H3,(H,20,21)/t9-/m0/s1. The Morgan fingerprint density at radius 2 is 1.92 bits per heavy atom. The van der Waals surface area contributed by atoms with Crippen LogP contribution in [0.3, 0.4) is 0 Å². The maximum Gasteiger partial charge on any atom is 0.240 e. The normalized spacial score (nSPS) is 16.8. The Morgan fingerprint density at radius 3 is 2.62 bits per heavy atom. The van der Waals surface area contributed by atoms with E-state index >= 15 is 0 Å². The molecule has 1 aliphatic heterocycles. The average Bonchev–Trinajstić information content (AvgIpc) is 2.81. The van der Waals surface area contributed by atoms with E-state index in [1.807, 2.05) is 0 Å². The van der Waals surface area contributed by atoms with Gasteiger partial charge < -0.3 is 5.32 Å². The summed E-state index contributed by atoms with van der Waals surface area (Å²) in [6.45, 7) is 1.78. The van der Waals surface area contributed by atoms with Crippen LogP contribution < -0.4 is 10.0 Å². The summed E-state index contributed by atoms with van der Waals surface area (Å²) >= 11 is 11.9. The summed E-state index contributed by atoms with van der Waals surface area (Å²) in [7, 11) is -3.73. The molecular formula is C16H14Cl2N2O3S. The lowest BCUT2D eigenvalue weighted by Gasteiger charge is -2.10. The molecule has 126 valence electrons. The highest BCUT2D eigenvalue weighted by molar-refractivity contribution is 7.89. The number of halogens is 2. The Hall–Kier alpha value is -1.60. The highest BCUT2D eigenvalue weighted by Crippen LogP contribution is 2.33. The summed E-state index contributed by atoms with van der Waals surface area (Å²) < 4.78 is 27.5. The minimum absolute atomic E-state index is 0.0438. The van der Waals surface area contributed by atoms with E-state index in [0.29, 0.717) is 26.9 Å². The van der Waals surface area contributed by atoms with Crippen molar-refractivity contribution in [2.45, 2.75) is 24.3 Å². The second-order valence-electron chi connectivity index (χ2n) is 5.52. The number of fused-ring (bicyclic) bond motifs is 1. The van der Waals surface area contributed by atoms with Gasteiger partial charge in [-0.3, -0.25) is 4.79 Å². The lowest BCUT2D eigenvalue weighted by atomic mass is 10.0. The maximum atomic E-state index is 12.5. The number of sulfonamides is 1. The number of hydrogen-bond donors (Lipinski definition) is 2. The summed E-state index contributed by atoms with van der Waals surface area (Å²) in [5.41, 5.74) is 1.94. The molecule has 3 rings (SSSR count). The van der Waals surface area contributed by atoms with Crippen LogP contribution in [0.5, 0.6) is 0 Å².